The van der Waals surface area contributed by atoms with Gasteiger partial charge in [0.2, 0.25) is 10.0 Å². The van der Waals surface area contributed by atoms with E-state index in [-0.39, 0.29) is 6.04 Å². The standard InChI is InChI=1S/C18H30N2O2S/c1-7-20-10-8-17(9-11-20)19-23(21,22)18-15(5)13(3)12(2)14(4)16(18)6/h17,19H,7-11H2,1-6H3. The van der Waals surface area contributed by atoms with Gasteiger partial charge in [-0.3, -0.25) is 0 Å². The molecule has 0 spiro atoms. The molecule has 5 heteroatoms. The molecule has 1 saturated heterocycles. The van der Waals surface area contributed by atoms with Crippen LogP contribution in [0.1, 0.15) is 47.6 Å². The summed E-state index contributed by atoms with van der Waals surface area (Å²) in [4.78, 5) is 2.84. The van der Waals surface area contributed by atoms with Crippen molar-refractivity contribution in [2.45, 2.75) is 65.3 Å². The summed E-state index contributed by atoms with van der Waals surface area (Å²) < 4.78 is 28.9. The van der Waals surface area contributed by atoms with Gasteiger partial charge in [-0.05, 0) is 94.9 Å². The van der Waals surface area contributed by atoms with E-state index in [1.54, 1.807) is 0 Å². The van der Waals surface area contributed by atoms with E-state index in [1.807, 2.05) is 27.7 Å². The van der Waals surface area contributed by atoms with Crippen LogP contribution in [-0.4, -0.2) is 39.0 Å². The van der Waals surface area contributed by atoms with Gasteiger partial charge >= 0.3 is 0 Å². The predicted molar refractivity (Wildman–Crippen MR) is 95.6 cm³/mol. The maximum Gasteiger partial charge on any atom is 0.241 e. The maximum atomic E-state index is 13.0. The Bertz CT molecular complexity index is 658. The van der Waals surface area contributed by atoms with Crippen LogP contribution in [0.5, 0.6) is 0 Å². The average Bonchev–Trinajstić information content (AvgIpc) is 2.51. The Morgan fingerprint density at radius 1 is 0.913 bits per heavy atom. The van der Waals surface area contributed by atoms with Crippen LogP contribution in [0.4, 0.5) is 0 Å². The van der Waals surface area contributed by atoms with Crippen LogP contribution in [0.25, 0.3) is 0 Å². The molecule has 0 atom stereocenters. The molecule has 23 heavy (non-hydrogen) atoms. The van der Waals surface area contributed by atoms with E-state index in [4.69, 9.17) is 0 Å². The second-order valence-corrected chi connectivity index (χ2v) is 8.43. The number of sulfonamides is 1. The summed E-state index contributed by atoms with van der Waals surface area (Å²) in [6.45, 7) is 15.0. The minimum atomic E-state index is -3.48. The average molecular weight is 339 g/mol. The van der Waals surface area contributed by atoms with Gasteiger partial charge < -0.3 is 4.90 Å². The third kappa shape index (κ3) is 3.62. The van der Waals surface area contributed by atoms with Crippen LogP contribution >= 0.6 is 0 Å². The van der Waals surface area contributed by atoms with Crippen LogP contribution in [0, 0.1) is 34.6 Å². The van der Waals surface area contributed by atoms with Crippen molar-refractivity contribution in [3.8, 4) is 0 Å². The predicted octanol–water partition coefficient (Wildman–Crippen LogP) is 2.99. The smallest absolute Gasteiger partial charge is 0.241 e. The van der Waals surface area contributed by atoms with Gasteiger partial charge in [-0.1, -0.05) is 6.92 Å². The van der Waals surface area contributed by atoms with Crippen LogP contribution in [0.3, 0.4) is 0 Å². The highest BCUT2D eigenvalue weighted by Crippen LogP contribution is 2.30. The minimum absolute atomic E-state index is 0.0449. The summed E-state index contributed by atoms with van der Waals surface area (Å²) in [5.74, 6) is 0. The molecule has 1 aliphatic heterocycles. The first-order valence-corrected chi connectivity index (χ1v) is 9.99. The van der Waals surface area contributed by atoms with Crippen molar-refractivity contribution < 1.29 is 8.42 Å². The van der Waals surface area contributed by atoms with E-state index in [2.05, 4.69) is 23.5 Å². The monoisotopic (exact) mass is 338 g/mol. The molecule has 0 aliphatic carbocycles. The second-order valence-electron chi connectivity index (χ2n) is 6.78. The number of hydrogen-bond acceptors (Lipinski definition) is 3. The molecule has 0 radical (unpaired) electrons. The molecule has 2 rings (SSSR count). The van der Waals surface area contributed by atoms with Crippen molar-refractivity contribution in [3.63, 3.8) is 0 Å². The molecular formula is C18H30N2O2S. The number of hydrogen-bond donors (Lipinski definition) is 1. The van der Waals surface area contributed by atoms with Crippen LogP contribution in [0.2, 0.25) is 0 Å². The van der Waals surface area contributed by atoms with Crippen molar-refractivity contribution in [3.05, 3.63) is 27.8 Å². The molecule has 0 unspecified atom stereocenters. The highest BCUT2D eigenvalue weighted by Gasteiger charge is 2.28. The lowest BCUT2D eigenvalue weighted by Gasteiger charge is -2.31. The first-order valence-electron chi connectivity index (χ1n) is 8.50. The van der Waals surface area contributed by atoms with E-state index in [1.165, 1.54) is 5.56 Å². The van der Waals surface area contributed by atoms with E-state index >= 15 is 0 Å². The molecule has 1 aromatic carbocycles. The zero-order valence-corrected chi connectivity index (χ0v) is 16.1. The van der Waals surface area contributed by atoms with Crippen LogP contribution < -0.4 is 4.72 Å². The summed E-state index contributed by atoms with van der Waals surface area (Å²) in [5.41, 5.74) is 5.10. The number of likely N-dealkylation sites (tertiary alicyclic amines) is 1. The van der Waals surface area contributed by atoms with Gasteiger partial charge in [-0.15, -0.1) is 0 Å². The van der Waals surface area contributed by atoms with Gasteiger partial charge in [-0.25, -0.2) is 13.1 Å². The quantitative estimate of drug-likeness (QED) is 0.918. The van der Waals surface area contributed by atoms with Crippen molar-refractivity contribution in [1.82, 2.24) is 9.62 Å². The molecular weight excluding hydrogens is 308 g/mol. The lowest BCUT2D eigenvalue weighted by molar-refractivity contribution is 0.217. The number of nitrogens with one attached hydrogen (secondary N) is 1. The van der Waals surface area contributed by atoms with E-state index in [0.717, 1.165) is 54.7 Å². The molecule has 1 heterocycles. The third-order valence-electron chi connectivity index (χ3n) is 5.56. The van der Waals surface area contributed by atoms with Crippen molar-refractivity contribution in [2.24, 2.45) is 0 Å². The van der Waals surface area contributed by atoms with Gasteiger partial charge in [0, 0.05) is 6.04 Å². The fourth-order valence-corrected chi connectivity index (χ4v) is 5.42. The molecule has 0 bridgehead atoms. The lowest BCUT2D eigenvalue weighted by Crippen LogP contribution is -2.44. The summed E-state index contributed by atoms with van der Waals surface area (Å²) in [7, 11) is -3.48. The van der Waals surface area contributed by atoms with Gasteiger partial charge in [-0.2, -0.15) is 0 Å². The highest BCUT2D eigenvalue weighted by molar-refractivity contribution is 7.89. The number of rotatable bonds is 4. The number of nitrogens with zero attached hydrogens (tertiary/aromatic N) is 1. The van der Waals surface area contributed by atoms with Gasteiger partial charge in [0.1, 0.15) is 0 Å². The summed E-state index contributed by atoms with van der Waals surface area (Å²) in [5, 5.41) is 0. The fourth-order valence-electron chi connectivity index (χ4n) is 3.51. The third-order valence-corrected chi connectivity index (χ3v) is 7.35. The van der Waals surface area contributed by atoms with Gasteiger partial charge in [0.25, 0.3) is 0 Å². The van der Waals surface area contributed by atoms with Crippen molar-refractivity contribution in [1.29, 1.82) is 0 Å². The van der Waals surface area contributed by atoms with Crippen molar-refractivity contribution >= 4 is 10.0 Å². The topological polar surface area (TPSA) is 49.4 Å². The van der Waals surface area contributed by atoms with E-state index in [9.17, 15) is 8.42 Å². The van der Waals surface area contributed by atoms with Crippen LogP contribution in [0.15, 0.2) is 4.90 Å². The number of benzene rings is 1. The Morgan fingerprint density at radius 3 is 1.78 bits per heavy atom. The second kappa shape index (κ2) is 6.91. The molecule has 1 aliphatic rings. The van der Waals surface area contributed by atoms with E-state index < -0.39 is 10.0 Å². The zero-order chi connectivity index (χ0) is 17.4. The summed E-state index contributed by atoms with van der Waals surface area (Å²) in [6, 6.07) is 0.0449. The SMILES string of the molecule is CCN1CCC(NS(=O)(=O)c2c(C)c(C)c(C)c(C)c2C)CC1. The zero-order valence-electron chi connectivity index (χ0n) is 15.3. The van der Waals surface area contributed by atoms with Crippen LogP contribution in [-0.2, 0) is 10.0 Å². The largest absolute Gasteiger partial charge is 0.303 e. The Kier molecular flexibility index (Phi) is 5.54. The minimum Gasteiger partial charge on any atom is -0.303 e. The van der Waals surface area contributed by atoms with Gasteiger partial charge in [0.15, 0.2) is 0 Å². The Morgan fingerprint density at radius 2 is 1.35 bits per heavy atom. The van der Waals surface area contributed by atoms with Crippen molar-refractivity contribution in [2.75, 3.05) is 19.6 Å². The first-order chi connectivity index (χ1) is 10.7. The summed E-state index contributed by atoms with van der Waals surface area (Å²) >= 11 is 0. The fraction of sp³-hybridized carbons (Fsp3) is 0.667. The molecule has 0 amide bonds. The maximum absolute atomic E-state index is 13.0. The van der Waals surface area contributed by atoms with Gasteiger partial charge in [0.05, 0.1) is 4.90 Å². The molecule has 4 nitrogen and oxygen atoms in total. The highest BCUT2D eigenvalue weighted by atomic mass is 32.2. The number of piperidine rings is 1. The molecule has 1 N–H and O–H groups in total. The molecule has 0 saturated carbocycles. The normalized spacial score (nSPS) is 17.7. The Labute approximate surface area is 141 Å². The summed E-state index contributed by atoms with van der Waals surface area (Å²) in [6.07, 6.45) is 1.77. The molecule has 130 valence electrons. The molecule has 0 aromatic heterocycles. The Balaban J connectivity index is 2.31. The molecule has 1 fully saturated rings. The first kappa shape index (κ1) is 18.4. The lowest BCUT2D eigenvalue weighted by atomic mass is 9.95. The Hall–Kier alpha value is -0.910. The van der Waals surface area contributed by atoms with E-state index in [0.29, 0.717) is 4.90 Å². The molecule has 1 aromatic rings.